The fourth-order valence-corrected chi connectivity index (χ4v) is 7.61. The molecule has 70 heavy (non-hydrogen) atoms. The number of phenols is 1. The van der Waals surface area contributed by atoms with Gasteiger partial charge >= 0.3 is 17.9 Å². The van der Waals surface area contributed by atoms with E-state index in [1.54, 1.807) is 98.1 Å². The van der Waals surface area contributed by atoms with Crippen LogP contribution in [0.3, 0.4) is 0 Å². The number of carboxylic acids is 3. The quantitative estimate of drug-likeness (QED) is 0.0206. The standard InChI is InChI=1S/C19H16O5.C16H12BrClO3.C7H7NO5S.C5H4N2O3S/c1-23-12-5-3-11(4-6-12)18-14-8-7-13(24-2)9-15(14)17(20)10-16(18)19(21)22;17-12-5-1-11(2-6-12)15(19)9-14(16(20)21)10-3-7-13(18)8-4-10;1-5-2-3-6(14(11,12)13)4-7(5)8(9)10;6-5-7-2(1-11-5)3(8)4(9)10/h3-10,20H,1-2H3,(H,21,22);1-8,14H,9H2,(H,20,21);2-4H,1H3,(H,11,12,13);1H,(H2,6,7)(H,9,10). The van der Waals surface area contributed by atoms with Gasteiger partial charge in [-0.2, -0.15) is 8.42 Å². The Morgan fingerprint density at radius 1 is 0.843 bits per heavy atom. The molecule has 0 saturated carbocycles. The molecule has 7 N–H and O–H groups in total. The van der Waals surface area contributed by atoms with Gasteiger partial charge in [0.1, 0.15) is 27.8 Å². The van der Waals surface area contributed by atoms with Crippen molar-refractivity contribution in [1.29, 1.82) is 0 Å². The highest BCUT2D eigenvalue weighted by molar-refractivity contribution is 9.10. The number of nitrogens with two attached hydrogens (primary N) is 1. The van der Waals surface area contributed by atoms with Gasteiger partial charge in [0.2, 0.25) is 0 Å². The number of carbonyl (C=O) groups is 5. The van der Waals surface area contributed by atoms with Crippen molar-refractivity contribution < 1.29 is 71.8 Å². The van der Waals surface area contributed by atoms with Crippen molar-refractivity contribution in [1.82, 2.24) is 4.98 Å². The number of aromatic nitrogens is 1. The van der Waals surface area contributed by atoms with Crippen LogP contribution in [-0.2, 0) is 19.7 Å². The minimum atomic E-state index is -4.38. The molecule has 0 saturated heterocycles. The number of carbonyl (C=O) groups excluding carboxylic acids is 2. The van der Waals surface area contributed by atoms with Crippen LogP contribution in [0, 0.1) is 17.0 Å². The first-order valence-electron chi connectivity index (χ1n) is 19.6. The molecule has 0 aliphatic rings. The minimum Gasteiger partial charge on any atom is -0.507 e. The van der Waals surface area contributed by atoms with Gasteiger partial charge < -0.3 is 35.6 Å². The number of hydrogen-bond donors (Lipinski definition) is 6. The van der Waals surface area contributed by atoms with Crippen molar-refractivity contribution in [2.24, 2.45) is 0 Å². The van der Waals surface area contributed by atoms with E-state index in [0.717, 1.165) is 33.5 Å². The minimum absolute atomic E-state index is 0.0373. The van der Waals surface area contributed by atoms with Gasteiger partial charge in [0.05, 0.1) is 30.6 Å². The molecule has 0 spiro atoms. The highest BCUT2D eigenvalue weighted by atomic mass is 79.9. The van der Waals surface area contributed by atoms with Crippen LogP contribution in [0.15, 0.2) is 130 Å². The summed E-state index contributed by atoms with van der Waals surface area (Å²) in [6.07, 6.45) is -0.0847. The third-order valence-electron chi connectivity index (χ3n) is 9.68. The van der Waals surface area contributed by atoms with Crippen LogP contribution in [-0.4, -0.2) is 87.0 Å². The normalized spacial score (nSPS) is 10.9. The number of aromatic carboxylic acids is 1. The average molecular weight is 1080 g/mol. The van der Waals surface area contributed by atoms with E-state index in [4.69, 9.17) is 36.5 Å². The lowest BCUT2D eigenvalue weighted by Gasteiger charge is -2.14. The number of nitrogen functional groups attached to an aromatic ring is 1. The van der Waals surface area contributed by atoms with Crippen LogP contribution in [0.25, 0.3) is 21.9 Å². The van der Waals surface area contributed by atoms with Gasteiger partial charge in [-0.15, -0.1) is 11.3 Å². The summed E-state index contributed by atoms with van der Waals surface area (Å²) in [5.41, 5.74) is 7.44. The van der Waals surface area contributed by atoms with Crippen LogP contribution in [0.4, 0.5) is 10.8 Å². The van der Waals surface area contributed by atoms with Crippen LogP contribution in [0.5, 0.6) is 17.2 Å². The van der Waals surface area contributed by atoms with Crippen molar-refractivity contribution in [2.45, 2.75) is 24.2 Å². The maximum atomic E-state index is 12.2. The first-order chi connectivity index (χ1) is 32.9. The summed E-state index contributed by atoms with van der Waals surface area (Å²) in [6, 6.07) is 30.1. The molecule has 0 aliphatic carbocycles. The van der Waals surface area contributed by atoms with Gasteiger partial charge in [0, 0.05) is 49.4 Å². The van der Waals surface area contributed by atoms with Gasteiger partial charge in [-0.25, -0.2) is 14.6 Å². The van der Waals surface area contributed by atoms with Gasteiger partial charge in [-0.1, -0.05) is 70.0 Å². The maximum Gasteiger partial charge on any atom is 0.378 e. The zero-order valence-electron chi connectivity index (χ0n) is 36.6. The molecule has 1 atom stereocenters. The van der Waals surface area contributed by atoms with E-state index < -0.39 is 49.5 Å². The molecule has 23 heteroatoms. The summed E-state index contributed by atoms with van der Waals surface area (Å²) >= 11 is 10.1. The van der Waals surface area contributed by atoms with E-state index in [9.17, 15) is 57.8 Å². The average Bonchev–Trinajstić information content (AvgIpc) is 3.76. The molecule has 1 heterocycles. The summed E-state index contributed by atoms with van der Waals surface area (Å²) in [6.45, 7) is 1.48. The van der Waals surface area contributed by atoms with Crippen LogP contribution >= 0.6 is 38.9 Å². The van der Waals surface area contributed by atoms with E-state index in [2.05, 4.69) is 20.9 Å². The Morgan fingerprint density at radius 2 is 1.44 bits per heavy atom. The monoisotopic (exact) mass is 1080 g/mol. The predicted octanol–water partition coefficient (Wildman–Crippen LogP) is 9.61. The Labute approximate surface area is 415 Å². The van der Waals surface area contributed by atoms with E-state index >= 15 is 0 Å². The summed E-state index contributed by atoms with van der Waals surface area (Å²) in [5, 5.41) is 51.0. The molecule has 0 fully saturated rings. The molecule has 0 bridgehead atoms. The second-order valence-electron chi connectivity index (χ2n) is 14.2. The number of Topliss-reactive ketones (excluding diaryl/α,β-unsaturated/α-hetero) is 2. The number of fused-ring (bicyclic) bond motifs is 1. The number of methoxy groups -OCH3 is 2. The molecule has 0 radical (unpaired) electrons. The molecule has 0 aliphatic heterocycles. The second kappa shape index (κ2) is 24.5. The van der Waals surface area contributed by atoms with Crippen LogP contribution in [0.2, 0.25) is 5.02 Å². The number of anilines is 1. The molecule has 6 aromatic carbocycles. The van der Waals surface area contributed by atoms with Crippen LogP contribution < -0.4 is 15.2 Å². The Morgan fingerprint density at radius 3 is 1.94 bits per heavy atom. The number of halogens is 2. The first-order valence-corrected chi connectivity index (χ1v) is 23.1. The summed E-state index contributed by atoms with van der Waals surface area (Å²) in [7, 11) is -1.27. The number of aryl methyl sites for hydroxylation is 1. The number of nitro benzene ring substituents is 1. The number of aromatic hydroxyl groups is 1. The Bertz CT molecular complexity index is 3190. The fraction of sp³-hybridized carbons (Fsp3) is 0.106. The molecular formula is C47H39BrClN3O16S2. The summed E-state index contributed by atoms with van der Waals surface area (Å²) in [5.74, 6) is -4.59. The largest absolute Gasteiger partial charge is 0.507 e. The third-order valence-corrected chi connectivity index (χ3v) is 12.0. The highest BCUT2D eigenvalue weighted by Crippen LogP contribution is 2.39. The van der Waals surface area contributed by atoms with Crippen molar-refractivity contribution in [2.75, 3.05) is 20.0 Å². The third kappa shape index (κ3) is 14.9. The molecule has 0 amide bonds. The van der Waals surface area contributed by atoms with Gasteiger partial charge in [-0.3, -0.25) is 29.1 Å². The summed E-state index contributed by atoms with van der Waals surface area (Å²) < 4.78 is 41.1. The molecule has 1 aromatic heterocycles. The SMILES string of the molecule is COc1ccc(-c2c(C(=O)O)cc(O)c3cc(OC)ccc23)cc1.Cc1ccc(S(=O)(=O)O)cc1[N+](=O)[O-].Nc1nc(C(=O)C(=O)O)cs1.O=C(CC(C(=O)O)c1ccc(Cl)cc1)c1ccc(Br)cc1. The van der Waals surface area contributed by atoms with Crippen molar-refractivity contribution in [3.05, 3.63) is 168 Å². The highest BCUT2D eigenvalue weighted by Gasteiger charge is 2.24. The van der Waals surface area contributed by atoms with E-state index in [-0.39, 0.29) is 40.0 Å². The molecule has 1 unspecified atom stereocenters. The number of benzene rings is 6. The number of ketones is 2. The Hall–Kier alpha value is -7.76. The number of ether oxygens (including phenoxy) is 2. The number of thiazole rings is 1. The molecule has 7 aromatic rings. The molecular weight excluding hydrogens is 1040 g/mol. The van der Waals surface area contributed by atoms with Crippen LogP contribution in [0.1, 0.15) is 54.7 Å². The smallest absolute Gasteiger partial charge is 0.378 e. The lowest BCUT2D eigenvalue weighted by molar-refractivity contribution is -0.385. The number of nitro groups is 1. The van der Waals surface area contributed by atoms with E-state index in [0.29, 0.717) is 49.5 Å². The van der Waals surface area contributed by atoms with Gasteiger partial charge in [0.15, 0.2) is 10.9 Å². The second-order valence-corrected chi connectivity index (χ2v) is 17.9. The lowest BCUT2D eigenvalue weighted by Crippen LogP contribution is -2.16. The van der Waals surface area contributed by atoms with Gasteiger partial charge in [-0.05, 0) is 90.2 Å². The predicted molar refractivity (Wildman–Crippen MR) is 262 cm³/mol. The van der Waals surface area contributed by atoms with Crippen molar-refractivity contribution in [3.8, 4) is 28.4 Å². The number of nitrogens with zero attached hydrogens (tertiary/aromatic N) is 2. The summed E-state index contributed by atoms with van der Waals surface area (Å²) in [4.78, 5) is 68.8. The zero-order chi connectivity index (χ0) is 52.0. The lowest BCUT2D eigenvalue weighted by atomic mass is 9.92. The Balaban J connectivity index is 0.000000212. The topological polar surface area (TPSA) is 321 Å². The number of aliphatic carboxylic acids is 2. The van der Waals surface area contributed by atoms with E-state index in [1.165, 1.54) is 31.5 Å². The van der Waals surface area contributed by atoms with Crippen molar-refractivity contribution in [3.63, 3.8) is 0 Å². The number of phenolic OH excluding ortho intramolecular Hbond substituents is 1. The maximum absolute atomic E-state index is 12.2. The molecule has 364 valence electrons. The Kier molecular flexibility index (Phi) is 19.2. The molecule has 7 rings (SSSR count). The zero-order valence-corrected chi connectivity index (χ0v) is 40.6. The van der Waals surface area contributed by atoms with Crippen molar-refractivity contribution >= 4 is 100 Å². The number of hydrogen-bond acceptors (Lipinski definition) is 15. The number of rotatable bonds is 13. The van der Waals surface area contributed by atoms with Gasteiger partial charge in [0.25, 0.3) is 21.6 Å². The number of carboxylic acid groups (broad SMARTS) is 3. The fourth-order valence-electron chi connectivity index (χ4n) is 6.18. The first kappa shape index (κ1) is 54.8. The molecule has 19 nitrogen and oxygen atoms in total. The van der Waals surface area contributed by atoms with E-state index in [1.807, 2.05) is 0 Å².